The molecule has 1 amide bonds. The summed E-state index contributed by atoms with van der Waals surface area (Å²) in [5.41, 5.74) is 6.98. The van der Waals surface area contributed by atoms with Crippen molar-refractivity contribution in [1.29, 1.82) is 0 Å². The average molecular weight is 266 g/mol. The molecular weight excluding hydrogens is 244 g/mol. The lowest BCUT2D eigenvalue weighted by molar-refractivity contribution is -0.114. The lowest BCUT2D eigenvalue weighted by Crippen LogP contribution is -2.21. The van der Waals surface area contributed by atoms with Crippen molar-refractivity contribution in [3.8, 4) is 0 Å². The molecule has 0 aliphatic rings. The number of anilines is 1. The van der Waals surface area contributed by atoms with Gasteiger partial charge in [-0.1, -0.05) is 12.1 Å². The molecule has 0 aromatic heterocycles. The summed E-state index contributed by atoms with van der Waals surface area (Å²) in [7, 11) is 0. The van der Waals surface area contributed by atoms with Crippen molar-refractivity contribution in [3.63, 3.8) is 0 Å². The summed E-state index contributed by atoms with van der Waals surface area (Å²) in [4.78, 5) is 11.2. The number of benzene rings is 1. The Labute approximate surface area is 114 Å². The van der Waals surface area contributed by atoms with Crippen molar-refractivity contribution in [2.24, 2.45) is 5.73 Å². The lowest BCUT2D eigenvalue weighted by Gasteiger charge is -2.09. The van der Waals surface area contributed by atoms with Crippen molar-refractivity contribution in [3.05, 3.63) is 29.8 Å². The van der Waals surface area contributed by atoms with Gasteiger partial charge < -0.3 is 20.5 Å². The standard InChI is InChI=1S/C14H22N2O3/c1-11(2)19-7-6-18-10-12-4-3-5-13(8-12)16-14(17)9-15/h3-5,8,11H,6-7,9-10,15H2,1-2H3,(H,16,17). The van der Waals surface area contributed by atoms with E-state index in [1.807, 2.05) is 38.1 Å². The molecule has 0 radical (unpaired) electrons. The van der Waals surface area contributed by atoms with Crippen LogP contribution in [0.5, 0.6) is 0 Å². The largest absolute Gasteiger partial charge is 0.376 e. The van der Waals surface area contributed by atoms with E-state index in [4.69, 9.17) is 15.2 Å². The number of ether oxygens (including phenoxy) is 2. The van der Waals surface area contributed by atoms with Crippen LogP contribution < -0.4 is 11.1 Å². The number of carbonyl (C=O) groups excluding carboxylic acids is 1. The van der Waals surface area contributed by atoms with Crippen LogP contribution in [0, 0.1) is 0 Å². The molecule has 19 heavy (non-hydrogen) atoms. The van der Waals surface area contributed by atoms with Crippen molar-refractivity contribution in [2.45, 2.75) is 26.6 Å². The molecule has 1 aromatic rings. The van der Waals surface area contributed by atoms with E-state index in [0.29, 0.717) is 19.8 Å². The van der Waals surface area contributed by atoms with Gasteiger partial charge in [0.15, 0.2) is 0 Å². The highest BCUT2D eigenvalue weighted by Crippen LogP contribution is 2.11. The van der Waals surface area contributed by atoms with Crippen LogP contribution in [0.25, 0.3) is 0 Å². The molecule has 106 valence electrons. The Balaban J connectivity index is 2.33. The third-order valence-corrected chi connectivity index (χ3v) is 2.34. The van der Waals surface area contributed by atoms with Gasteiger partial charge in [-0.2, -0.15) is 0 Å². The molecule has 5 nitrogen and oxygen atoms in total. The Kier molecular flexibility index (Phi) is 7.10. The molecule has 0 aliphatic heterocycles. The van der Waals surface area contributed by atoms with Gasteiger partial charge in [0.25, 0.3) is 0 Å². The fraction of sp³-hybridized carbons (Fsp3) is 0.500. The maximum absolute atomic E-state index is 11.2. The van der Waals surface area contributed by atoms with Crippen LogP contribution in [0.2, 0.25) is 0 Å². The third-order valence-electron chi connectivity index (χ3n) is 2.34. The van der Waals surface area contributed by atoms with E-state index in [0.717, 1.165) is 11.3 Å². The van der Waals surface area contributed by atoms with Gasteiger partial charge in [0.1, 0.15) is 0 Å². The molecule has 0 saturated heterocycles. The molecule has 0 saturated carbocycles. The quantitative estimate of drug-likeness (QED) is 0.700. The van der Waals surface area contributed by atoms with Gasteiger partial charge in [-0.25, -0.2) is 0 Å². The van der Waals surface area contributed by atoms with Crippen LogP contribution in [0.1, 0.15) is 19.4 Å². The predicted molar refractivity (Wildman–Crippen MR) is 74.9 cm³/mol. The zero-order chi connectivity index (χ0) is 14.1. The molecule has 0 bridgehead atoms. The Morgan fingerprint density at radius 3 is 2.84 bits per heavy atom. The van der Waals surface area contributed by atoms with Gasteiger partial charge in [0, 0.05) is 5.69 Å². The Bertz CT molecular complexity index is 394. The summed E-state index contributed by atoms with van der Waals surface area (Å²) in [6, 6.07) is 7.51. The van der Waals surface area contributed by atoms with Gasteiger partial charge in [-0.15, -0.1) is 0 Å². The summed E-state index contributed by atoms with van der Waals surface area (Å²) in [6.07, 6.45) is 0.221. The van der Waals surface area contributed by atoms with Crippen LogP contribution in [0.4, 0.5) is 5.69 Å². The van der Waals surface area contributed by atoms with Crippen LogP contribution >= 0.6 is 0 Å². The normalized spacial score (nSPS) is 10.7. The van der Waals surface area contributed by atoms with E-state index < -0.39 is 0 Å². The minimum atomic E-state index is -0.205. The zero-order valence-electron chi connectivity index (χ0n) is 11.5. The van der Waals surface area contributed by atoms with Crippen molar-refractivity contribution in [1.82, 2.24) is 0 Å². The lowest BCUT2D eigenvalue weighted by atomic mass is 10.2. The first-order chi connectivity index (χ1) is 9.11. The molecule has 0 unspecified atom stereocenters. The molecule has 1 rings (SSSR count). The molecular formula is C14H22N2O3. The molecule has 0 heterocycles. The summed E-state index contributed by atoms with van der Waals surface area (Å²) in [6.45, 7) is 5.59. The van der Waals surface area contributed by atoms with Crippen LogP contribution in [-0.2, 0) is 20.9 Å². The van der Waals surface area contributed by atoms with E-state index in [1.165, 1.54) is 0 Å². The molecule has 0 fully saturated rings. The van der Waals surface area contributed by atoms with Crippen LogP contribution in [0.15, 0.2) is 24.3 Å². The maximum atomic E-state index is 11.2. The second-order valence-corrected chi connectivity index (χ2v) is 4.42. The Morgan fingerprint density at radius 1 is 1.37 bits per heavy atom. The van der Waals surface area contributed by atoms with Gasteiger partial charge >= 0.3 is 0 Å². The highest BCUT2D eigenvalue weighted by Gasteiger charge is 2.01. The van der Waals surface area contributed by atoms with Gasteiger partial charge in [0.05, 0.1) is 32.5 Å². The molecule has 1 aromatic carbocycles. The number of hydrogen-bond acceptors (Lipinski definition) is 4. The second-order valence-electron chi connectivity index (χ2n) is 4.42. The zero-order valence-corrected chi connectivity index (χ0v) is 11.5. The van der Waals surface area contributed by atoms with E-state index in [1.54, 1.807) is 0 Å². The highest BCUT2D eigenvalue weighted by molar-refractivity contribution is 5.92. The number of carbonyl (C=O) groups is 1. The third kappa shape index (κ3) is 6.91. The number of hydrogen-bond donors (Lipinski definition) is 2. The first-order valence-corrected chi connectivity index (χ1v) is 6.40. The number of nitrogens with one attached hydrogen (secondary N) is 1. The highest BCUT2D eigenvalue weighted by atomic mass is 16.5. The van der Waals surface area contributed by atoms with E-state index >= 15 is 0 Å². The number of nitrogens with two attached hydrogens (primary N) is 1. The molecule has 3 N–H and O–H groups in total. The maximum Gasteiger partial charge on any atom is 0.238 e. The van der Waals surface area contributed by atoms with Crippen LogP contribution in [-0.4, -0.2) is 31.8 Å². The monoisotopic (exact) mass is 266 g/mol. The predicted octanol–water partition coefficient (Wildman–Crippen LogP) is 1.53. The number of amides is 1. The molecule has 0 spiro atoms. The fourth-order valence-corrected chi connectivity index (χ4v) is 1.48. The Hall–Kier alpha value is -1.43. The van der Waals surface area contributed by atoms with Crippen molar-refractivity contribution < 1.29 is 14.3 Å². The summed E-state index contributed by atoms with van der Waals surface area (Å²) >= 11 is 0. The smallest absolute Gasteiger partial charge is 0.238 e. The number of rotatable bonds is 8. The first kappa shape index (κ1) is 15.6. The molecule has 5 heteroatoms. The SMILES string of the molecule is CC(C)OCCOCc1cccc(NC(=O)CN)c1. The fourth-order valence-electron chi connectivity index (χ4n) is 1.48. The summed E-state index contributed by atoms with van der Waals surface area (Å²) < 4.78 is 10.9. The molecule has 0 aliphatic carbocycles. The van der Waals surface area contributed by atoms with E-state index in [9.17, 15) is 4.79 Å². The first-order valence-electron chi connectivity index (χ1n) is 6.40. The van der Waals surface area contributed by atoms with Gasteiger partial charge in [0.2, 0.25) is 5.91 Å². The van der Waals surface area contributed by atoms with Gasteiger partial charge in [-0.05, 0) is 31.5 Å². The minimum Gasteiger partial charge on any atom is -0.376 e. The average Bonchev–Trinajstić information content (AvgIpc) is 2.38. The van der Waals surface area contributed by atoms with Crippen molar-refractivity contribution >= 4 is 11.6 Å². The van der Waals surface area contributed by atoms with Crippen molar-refractivity contribution in [2.75, 3.05) is 25.1 Å². The minimum absolute atomic E-state index is 0.0206. The molecule has 0 atom stereocenters. The van der Waals surface area contributed by atoms with E-state index in [-0.39, 0.29) is 18.6 Å². The topological polar surface area (TPSA) is 73.6 Å². The second kappa shape index (κ2) is 8.63. The summed E-state index contributed by atoms with van der Waals surface area (Å²) in [5.74, 6) is -0.205. The van der Waals surface area contributed by atoms with E-state index in [2.05, 4.69) is 5.32 Å². The van der Waals surface area contributed by atoms with Gasteiger partial charge in [-0.3, -0.25) is 4.79 Å². The van der Waals surface area contributed by atoms with Crippen LogP contribution in [0.3, 0.4) is 0 Å². The summed E-state index contributed by atoms with van der Waals surface area (Å²) in [5, 5.41) is 2.70. The Morgan fingerprint density at radius 2 is 2.16 bits per heavy atom.